The van der Waals surface area contributed by atoms with E-state index in [1.807, 2.05) is 0 Å². The van der Waals surface area contributed by atoms with Crippen LogP contribution >= 0.6 is 22.9 Å². The number of thiophene rings is 1. The number of nitroso groups, excluding NO2 is 1. The lowest BCUT2D eigenvalue weighted by atomic mass is 10.3. The smallest absolute Gasteiger partial charge is 0.262 e. The maximum atomic E-state index is 13.8. The number of fused-ring (bicyclic) bond motifs is 1. The molecule has 0 aliphatic heterocycles. The fourth-order valence-electron chi connectivity index (χ4n) is 1.84. The molecule has 0 fully saturated rings. The number of benzene rings is 1. The molecule has 0 spiro atoms. The van der Waals surface area contributed by atoms with Gasteiger partial charge in [0.1, 0.15) is 11.4 Å². The molecule has 0 saturated carbocycles. The van der Waals surface area contributed by atoms with E-state index in [4.69, 9.17) is 16.3 Å². The van der Waals surface area contributed by atoms with Crippen molar-refractivity contribution in [2.75, 3.05) is 0 Å². The van der Waals surface area contributed by atoms with Crippen molar-refractivity contribution < 1.29 is 13.9 Å². The topological polar surface area (TPSA) is 68.6 Å². The van der Waals surface area contributed by atoms with E-state index in [2.05, 4.69) is 10.2 Å². The van der Waals surface area contributed by atoms with Gasteiger partial charge in [0.25, 0.3) is 5.24 Å². The average Bonchev–Trinajstić information content (AvgIpc) is 2.94. The molecule has 0 radical (unpaired) electrons. The van der Waals surface area contributed by atoms with Crippen LogP contribution in [0.1, 0.15) is 9.67 Å². The molecule has 0 saturated heterocycles. The molecule has 3 aromatic rings. The van der Waals surface area contributed by atoms with Crippen molar-refractivity contribution in [1.29, 1.82) is 0 Å². The summed E-state index contributed by atoms with van der Waals surface area (Å²) in [6, 6.07) is 6.71. The van der Waals surface area contributed by atoms with Crippen LogP contribution in [-0.2, 0) is 0 Å². The van der Waals surface area contributed by atoms with Gasteiger partial charge in [0.05, 0.1) is 15.1 Å². The molecule has 8 heteroatoms. The Kier molecular flexibility index (Phi) is 3.82. The number of pyridine rings is 1. The van der Waals surface area contributed by atoms with Gasteiger partial charge in [-0.05, 0) is 35.0 Å². The Labute approximate surface area is 132 Å². The van der Waals surface area contributed by atoms with Gasteiger partial charge in [-0.15, -0.1) is 16.2 Å². The van der Waals surface area contributed by atoms with Gasteiger partial charge in [-0.3, -0.25) is 9.78 Å². The second-order valence-electron chi connectivity index (χ2n) is 4.22. The number of aromatic nitrogens is 1. The lowest BCUT2D eigenvalue weighted by Crippen LogP contribution is -1.88. The first kappa shape index (κ1) is 14.6. The number of ether oxygens (including phenoxy) is 1. The Morgan fingerprint density at radius 1 is 1.27 bits per heavy atom. The highest BCUT2D eigenvalue weighted by Gasteiger charge is 2.14. The van der Waals surface area contributed by atoms with Crippen LogP contribution in [-0.4, -0.2) is 10.2 Å². The summed E-state index contributed by atoms with van der Waals surface area (Å²) in [7, 11) is 0. The van der Waals surface area contributed by atoms with Crippen LogP contribution in [0.3, 0.4) is 0 Å². The minimum atomic E-state index is -0.715. The lowest BCUT2D eigenvalue weighted by molar-refractivity contribution is 0.108. The van der Waals surface area contributed by atoms with E-state index in [9.17, 15) is 14.1 Å². The number of halogens is 2. The lowest BCUT2D eigenvalue weighted by Gasteiger charge is -2.07. The molecule has 0 N–H and O–H groups in total. The van der Waals surface area contributed by atoms with Crippen LogP contribution in [0.5, 0.6) is 11.5 Å². The number of carbonyl (C=O) groups excluding carboxylic acids is 1. The second-order valence-corrected chi connectivity index (χ2v) is 5.61. The molecule has 110 valence electrons. The fourth-order valence-corrected chi connectivity index (χ4v) is 2.91. The van der Waals surface area contributed by atoms with E-state index < -0.39 is 11.1 Å². The monoisotopic (exact) mass is 336 g/mol. The summed E-state index contributed by atoms with van der Waals surface area (Å²) in [6.07, 6.45) is 1.48. The van der Waals surface area contributed by atoms with E-state index in [-0.39, 0.29) is 11.4 Å². The van der Waals surface area contributed by atoms with Crippen LogP contribution < -0.4 is 4.74 Å². The minimum Gasteiger partial charge on any atom is -0.453 e. The van der Waals surface area contributed by atoms with Crippen LogP contribution in [0.2, 0.25) is 0 Å². The quantitative estimate of drug-likeness (QED) is 0.496. The fraction of sp³-hybridized carbons (Fsp3) is 0. The van der Waals surface area contributed by atoms with Crippen molar-refractivity contribution in [3.63, 3.8) is 0 Å². The van der Waals surface area contributed by atoms with Crippen LogP contribution in [0.15, 0.2) is 41.7 Å². The first-order valence-corrected chi connectivity index (χ1v) is 7.17. The van der Waals surface area contributed by atoms with Crippen LogP contribution in [0.25, 0.3) is 10.2 Å². The molecule has 0 aliphatic carbocycles. The third kappa shape index (κ3) is 2.68. The highest BCUT2D eigenvalue weighted by molar-refractivity contribution is 7.22. The van der Waals surface area contributed by atoms with Crippen LogP contribution in [0.4, 0.5) is 10.1 Å². The normalized spacial score (nSPS) is 10.6. The Balaban J connectivity index is 2.03. The predicted molar refractivity (Wildman–Crippen MR) is 81.7 cm³/mol. The molecule has 2 aromatic heterocycles. The molecule has 3 rings (SSSR count). The van der Waals surface area contributed by atoms with Gasteiger partial charge in [0.2, 0.25) is 0 Å². The zero-order chi connectivity index (χ0) is 15.7. The Morgan fingerprint density at radius 2 is 2.09 bits per heavy atom. The summed E-state index contributed by atoms with van der Waals surface area (Å²) in [4.78, 5) is 26.0. The van der Waals surface area contributed by atoms with Gasteiger partial charge in [-0.1, -0.05) is 0 Å². The maximum Gasteiger partial charge on any atom is 0.262 e. The third-order valence-electron chi connectivity index (χ3n) is 2.81. The summed E-state index contributed by atoms with van der Waals surface area (Å²) in [6.45, 7) is 0. The van der Waals surface area contributed by atoms with E-state index >= 15 is 0 Å². The molecule has 22 heavy (non-hydrogen) atoms. The maximum absolute atomic E-state index is 13.8. The standard InChI is InChI=1S/C14H6ClFN2O3S/c15-14(19)12-6-9-13(22-12)11(3-4-17-9)21-10-2-1-7(18-20)5-8(10)16/h1-6H. The van der Waals surface area contributed by atoms with Gasteiger partial charge in [0.15, 0.2) is 11.6 Å². The molecule has 0 atom stereocenters. The number of rotatable bonds is 4. The molecule has 5 nitrogen and oxygen atoms in total. The number of hydrogen-bond donors (Lipinski definition) is 0. The van der Waals surface area contributed by atoms with E-state index in [1.54, 1.807) is 6.07 Å². The van der Waals surface area contributed by atoms with Gasteiger partial charge in [-0.2, -0.15) is 0 Å². The summed E-state index contributed by atoms with van der Waals surface area (Å²) >= 11 is 6.55. The van der Waals surface area contributed by atoms with E-state index in [0.29, 0.717) is 20.8 Å². The Bertz CT molecular complexity index is 897. The SMILES string of the molecule is O=Nc1ccc(Oc2ccnc3cc(C(=O)Cl)sc23)c(F)c1. The molecule has 0 aliphatic rings. The van der Waals surface area contributed by atoms with Gasteiger partial charge in [-0.25, -0.2) is 4.39 Å². The van der Waals surface area contributed by atoms with Crippen molar-refractivity contribution in [3.8, 4) is 11.5 Å². The summed E-state index contributed by atoms with van der Waals surface area (Å²) in [5.41, 5.74) is 0.494. The summed E-state index contributed by atoms with van der Waals surface area (Å²) in [5.74, 6) is -0.441. The first-order chi connectivity index (χ1) is 10.6. The third-order valence-corrected chi connectivity index (χ3v) is 4.26. The van der Waals surface area contributed by atoms with E-state index in [1.165, 1.54) is 24.4 Å². The predicted octanol–water partition coefficient (Wildman–Crippen LogP) is 5.00. The van der Waals surface area contributed by atoms with Gasteiger partial charge in [0, 0.05) is 18.3 Å². The van der Waals surface area contributed by atoms with Gasteiger partial charge < -0.3 is 4.74 Å². The average molecular weight is 337 g/mol. The van der Waals surface area contributed by atoms with Crippen molar-refractivity contribution in [2.45, 2.75) is 0 Å². The number of carbonyl (C=O) groups is 1. The Morgan fingerprint density at radius 3 is 2.77 bits per heavy atom. The largest absolute Gasteiger partial charge is 0.453 e. The Hall–Kier alpha value is -2.38. The number of hydrogen-bond acceptors (Lipinski definition) is 6. The highest BCUT2D eigenvalue weighted by Crippen LogP contribution is 2.36. The molecular formula is C14H6ClFN2O3S. The van der Waals surface area contributed by atoms with Crippen molar-refractivity contribution in [2.24, 2.45) is 5.18 Å². The zero-order valence-electron chi connectivity index (χ0n) is 10.7. The molecule has 0 bridgehead atoms. The molecular weight excluding hydrogens is 331 g/mol. The molecule has 2 heterocycles. The van der Waals surface area contributed by atoms with Crippen molar-refractivity contribution in [3.05, 3.63) is 52.1 Å². The molecule has 0 amide bonds. The van der Waals surface area contributed by atoms with E-state index in [0.717, 1.165) is 17.4 Å². The second kappa shape index (κ2) is 5.78. The molecule has 0 unspecified atom stereocenters. The summed E-state index contributed by atoms with van der Waals surface area (Å²) < 4.78 is 19.9. The highest BCUT2D eigenvalue weighted by atomic mass is 35.5. The van der Waals surface area contributed by atoms with Gasteiger partial charge >= 0.3 is 0 Å². The summed E-state index contributed by atoms with van der Waals surface area (Å²) in [5, 5.41) is 2.05. The minimum absolute atomic E-state index is 0.0316. The first-order valence-electron chi connectivity index (χ1n) is 5.97. The number of nitrogens with zero attached hydrogens (tertiary/aromatic N) is 2. The molecule has 1 aromatic carbocycles. The zero-order valence-corrected chi connectivity index (χ0v) is 12.3. The van der Waals surface area contributed by atoms with Crippen LogP contribution in [0, 0.1) is 10.7 Å². The van der Waals surface area contributed by atoms with Crippen molar-refractivity contribution in [1.82, 2.24) is 4.98 Å². The van der Waals surface area contributed by atoms with Crippen molar-refractivity contribution >= 4 is 44.1 Å².